The van der Waals surface area contributed by atoms with Crippen LogP contribution >= 0.6 is 11.6 Å². The van der Waals surface area contributed by atoms with E-state index in [2.05, 4.69) is 20.8 Å². The molecule has 2 rings (SSSR count). The molecule has 1 saturated heterocycles. The van der Waals surface area contributed by atoms with E-state index in [9.17, 15) is 19.1 Å². The van der Waals surface area contributed by atoms with Gasteiger partial charge >= 0.3 is 11.9 Å². The van der Waals surface area contributed by atoms with E-state index in [0.29, 0.717) is 5.56 Å². The Kier molecular flexibility index (Phi) is 7.46. The Morgan fingerprint density at radius 3 is 2.72 bits per heavy atom. The van der Waals surface area contributed by atoms with Gasteiger partial charge in [0.15, 0.2) is 5.60 Å². The minimum atomic E-state index is -1.32. The molecule has 0 bridgehead atoms. The van der Waals surface area contributed by atoms with Crippen LogP contribution in [0, 0.1) is 17.2 Å². The molecule has 7 heteroatoms. The van der Waals surface area contributed by atoms with Gasteiger partial charge in [-0.25, -0.2) is 9.18 Å². The monoisotopic (exact) mass is 426 g/mol. The Balaban J connectivity index is 2.01. The second kappa shape index (κ2) is 9.26. The minimum Gasteiger partial charge on any atom is -0.461 e. The topological polar surface area (TPSA) is 72.8 Å². The van der Waals surface area contributed by atoms with E-state index in [1.807, 2.05) is 6.92 Å². The molecule has 29 heavy (non-hydrogen) atoms. The average Bonchev–Trinajstić information content (AvgIpc) is 2.91. The van der Waals surface area contributed by atoms with Crippen molar-refractivity contribution in [3.63, 3.8) is 0 Å². The first-order valence-electron chi connectivity index (χ1n) is 9.58. The van der Waals surface area contributed by atoms with Crippen LogP contribution in [0.1, 0.15) is 52.5 Å². The molecule has 1 aliphatic rings. The first-order chi connectivity index (χ1) is 13.4. The number of aliphatic hydroxyl groups is 1. The van der Waals surface area contributed by atoms with Gasteiger partial charge < -0.3 is 14.6 Å². The number of hydrogen-bond donors (Lipinski definition) is 1. The van der Waals surface area contributed by atoms with Crippen LogP contribution in [0.3, 0.4) is 0 Å². The molecule has 1 heterocycles. The molecule has 0 amide bonds. The van der Waals surface area contributed by atoms with Crippen LogP contribution < -0.4 is 0 Å². The standard InChI is InChI=1S/C22H28ClFO5/c1-14(10-21(2,3)4)7-19(26)28-13-22(12-25)11-16(20(27)29-22)8-15-5-6-17(23)18(24)9-15/h5-6,8-9,14,25H,7,10-13H2,1-4H3/b16-8+. The van der Waals surface area contributed by atoms with Crippen molar-refractivity contribution >= 4 is 29.6 Å². The number of carbonyl (C=O) groups excluding carboxylic acids is 2. The van der Waals surface area contributed by atoms with Gasteiger partial charge in [-0.3, -0.25) is 4.79 Å². The highest BCUT2D eigenvalue weighted by Crippen LogP contribution is 2.33. The molecule has 0 aromatic heterocycles. The summed E-state index contributed by atoms with van der Waals surface area (Å²) < 4.78 is 24.2. The molecule has 1 fully saturated rings. The fourth-order valence-corrected chi connectivity index (χ4v) is 3.64. The SMILES string of the molecule is CC(CC(=O)OCC1(CO)C/C(=C\c2ccc(Cl)c(F)c2)C(=O)O1)CC(C)(C)C. The van der Waals surface area contributed by atoms with Crippen molar-refractivity contribution < 1.29 is 28.6 Å². The van der Waals surface area contributed by atoms with Crippen LogP contribution in [-0.2, 0) is 19.1 Å². The first kappa shape index (κ1) is 23.4. The molecule has 160 valence electrons. The number of rotatable bonds is 7. The molecule has 1 aliphatic heterocycles. The van der Waals surface area contributed by atoms with Crippen molar-refractivity contribution in [1.29, 1.82) is 0 Å². The smallest absolute Gasteiger partial charge is 0.334 e. The van der Waals surface area contributed by atoms with E-state index >= 15 is 0 Å². The summed E-state index contributed by atoms with van der Waals surface area (Å²) in [6, 6.07) is 4.17. The number of carbonyl (C=O) groups is 2. The van der Waals surface area contributed by atoms with Gasteiger partial charge in [0.25, 0.3) is 0 Å². The zero-order valence-corrected chi connectivity index (χ0v) is 18.0. The molecular weight excluding hydrogens is 399 g/mol. The summed E-state index contributed by atoms with van der Waals surface area (Å²) >= 11 is 5.67. The van der Waals surface area contributed by atoms with Crippen molar-refractivity contribution in [1.82, 2.24) is 0 Å². The number of esters is 2. The lowest BCUT2D eigenvalue weighted by molar-refractivity contribution is -0.166. The Labute approximate surface area is 175 Å². The van der Waals surface area contributed by atoms with Gasteiger partial charge in [-0.2, -0.15) is 0 Å². The molecule has 0 spiro atoms. The summed E-state index contributed by atoms with van der Waals surface area (Å²) in [5, 5.41) is 9.76. The van der Waals surface area contributed by atoms with Gasteiger partial charge in [-0.1, -0.05) is 45.4 Å². The fourth-order valence-electron chi connectivity index (χ4n) is 3.52. The van der Waals surface area contributed by atoms with E-state index in [1.165, 1.54) is 18.2 Å². The maximum absolute atomic E-state index is 13.6. The highest BCUT2D eigenvalue weighted by Gasteiger charge is 2.44. The Hall–Kier alpha value is -1.92. The third-order valence-electron chi connectivity index (χ3n) is 4.63. The number of ether oxygens (including phenoxy) is 2. The zero-order valence-electron chi connectivity index (χ0n) is 17.3. The normalized spacial score (nSPS) is 21.9. The number of halogens is 2. The highest BCUT2D eigenvalue weighted by molar-refractivity contribution is 6.30. The Morgan fingerprint density at radius 2 is 2.14 bits per heavy atom. The largest absolute Gasteiger partial charge is 0.461 e. The lowest BCUT2D eigenvalue weighted by atomic mass is 9.84. The maximum Gasteiger partial charge on any atom is 0.334 e. The molecule has 2 atom stereocenters. The van der Waals surface area contributed by atoms with Gasteiger partial charge in [-0.15, -0.1) is 0 Å². The summed E-state index contributed by atoms with van der Waals surface area (Å²) in [4.78, 5) is 24.4. The number of aliphatic hydroxyl groups excluding tert-OH is 1. The molecule has 1 aromatic carbocycles. The van der Waals surface area contributed by atoms with Crippen LogP contribution in [0.25, 0.3) is 6.08 Å². The highest BCUT2D eigenvalue weighted by atomic mass is 35.5. The summed E-state index contributed by atoms with van der Waals surface area (Å²) in [7, 11) is 0. The van der Waals surface area contributed by atoms with E-state index in [4.69, 9.17) is 21.1 Å². The van der Waals surface area contributed by atoms with Crippen molar-refractivity contribution in [3.05, 3.63) is 40.2 Å². The lowest BCUT2D eigenvalue weighted by Gasteiger charge is -2.25. The van der Waals surface area contributed by atoms with Gasteiger partial charge in [0.05, 0.1) is 11.6 Å². The Bertz CT molecular complexity index is 799. The van der Waals surface area contributed by atoms with Crippen LogP contribution in [0.4, 0.5) is 4.39 Å². The predicted octanol–water partition coefficient (Wildman–Crippen LogP) is 4.55. The molecule has 5 nitrogen and oxygen atoms in total. The second-order valence-corrected chi connectivity index (χ2v) is 9.39. The van der Waals surface area contributed by atoms with E-state index < -0.39 is 30.0 Å². The maximum atomic E-state index is 13.6. The summed E-state index contributed by atoms with van der Waals surface area (Å²) in [6.07, 6.45) is 2.65. The van der Waals surface area contributed by atoms with Gasteiger partial charge in [0.2, 0.25) is 0 Å². The van der Waals surface area contributed by atoms with Crippen molar-refractivity contribution in [2.75, 3.05) is 13.2 Å². The molecule has 1 aromatic rings. The van der Waals surface area contributed by atoms with Gasteiger partial charge in [0, 0.05) is 18.4 Å². The van der Waals surface area contributed by atoms with Crippen LogP contribution in [0.5, 0.6) is 0 Å². The Morgan fingerprint density at radius 1 is 1.45 bits per heavy atom. The average molecular weight is 427 g/mol. The molecule has 0 saturated carbocycles. The van der Waals surface area contributed by atoms with Gasteiger partial charge in [-0.05, 0) is 41.5 Å². The minimum absolute atomic E-state index is 0.0153. The quantitative estimate of drug-likeness (QED) is 0.511. The molecule has 2 unspecified atom stereocenters. The summed E-state index contributed by atoms with van der Waals surface area (Å²) in [5.74, 6) is -1.48. The molecule has 0 radical (unpaired) electrons. The van der Waals surface area contributed by atoms with Crippen LogP contribution in [0.2, 0.25) is 5.02 Å². The molecular formula is C22H28ClFO5. The second-order valence-electron chi connectivity index (χ2n) is 8.99. The van der Waals surface area contributed by atoms with Gasteiger partial charge in [0.1, 0.15) is 12.4 Å². The summed E-state index contributed by atoms with van der Waals surface area (Å²) in [5.41, 5.74) is -0.511. The van der Waals surface area contributed by atoms with Crippen LogP contribution in [0.15, 0.2) is 23.8 Å². The van der Waals surface area contributed by atoms with E-state index in [1.54, 1.807) is 6.07 Å². The van der Waals surface area contributed by atoms with E-state index in [0.717, 1.165) is 6.42 Å². The van der Waals surface area contributed by atoms with Crippen molar-refractivity contribution in [3.8, 4) is 0 Å². The molecule has 0 aliphatic carbocycles. The van der Waals surface area contributed by atoms with Crippen LogP contribution in [-0.4, -0.2) is 35.9 Å². The number of hydrogen-bond acceptors (Lipinski definition) is 5. The third kappa shape index (κ3) is 6.82. The lowest BCUT2D eigenvalue weighted by Crippen LogP contribution is -2.39. The number of benzene rings is 1. The number of cyclic esters (lactones) is 1. The first-order valence-corrected chi connectivity index (χ1v) is 9.96. The predicted molar refractivity (Wildman–Crippen MR) is 109 cm³/mol. The molecule has 1 N–H and O–H groups in total. The van der Waals surface area contributed by atoms with Crippen molar-refractivity contribution in [2.45, 2.75) is 52.6 Å². The van der Waals surface area contributed by atoms with Crippen molar-refractivity contribution in [2.24, 2.45) is 11.3 Å². The van der Waals surface area contributed by atoms with E-state index in [-0.39, 0.29) is 41.4 Å². The third-order valence-corrected chi connectivity index (χ3v) is 4.94. The summed E-state index contributed by atoms with van der Waals surface area (Å²) in [6.45, 7) is 7.57. The zero-order chi connectivity index (χ0) is 21.8. The fraction of sp³-hybridized carbons (Fsp3) is 0.545.